The van der Waals surface area contributed by atoms with Crippen molar-refractivity contribution in [2.75, 3.05) is 6.54 Å². The molecule has 3 heterocycles. The maximum atomic E-state index is 11.0. The summed E-state index contributed by atoms with van der Waals surface area (Å²) in [5.41, 5.74) is 3.13. The third-order valence-electron chi connectivity index (χ3n) is 3.27. The number of aromatic carboxylic acids is 1. The number of pyridine rings is 1. The second-order valence-electron chi connectivity index (χ2n) is 4.75. The number of allylic oxidation sites excluding steroid dienone is 1. The number of hydrogen-bond donors (Lipinski definition) is 1. The molecule has 0 radical (unpaired) electrons. The highest BCUT2D eigenvalue weighted by atomic mass is 32.1. The van der Waals surface area contributed by atoms with Gasteiger partial charge in [-0.1, -0.05) is 0 Å². The van der Waals surface area contributed by atoms with E-state index < -0.39 is 5.97 Å². The molecule has 0 spiro atoms. The lowest BCUT2D eigenvalue weighted by atomic mass is 9.96. The Morgan fingerprint density at radius 2 is 2.24 bits per heavy atom. The molecule has 3 rings (SSSR count). The van der Waals surface area contributed by atoms with Gasteiger partial charge in [0.05, 0.1) is 5.71 Å². The molecular weight excluding hydrogens is 284 g/mol. The average molecular weight is 298 g/mol. The first-order chi connectivity index (χ1) is 10.2. The van der Waals surface area contributed by atoms with Crippen molar-refractivity contribution in [1.29, 1.82) is 0 Å². The Balaban J connectivity index is 1.95. The van der Waals surface area contributed by atoms with Crippen molar-refractivity contribution < 1.29 is 9.90 Å². The van der Waals surface area contributed by atoms with E-state index in [0.717, 1.165) is 41.1 Å². The van der Waals surface area contributed by atoms with Crippen LogP contribution in [0.3, 0.4) is 0 Å². The molecule has 106 valence electrons. The fourth-order valence-electron chi connectivity index (χ4n) is 2.32. The normalized spacial score (nSPS) is 16.8. The smallest absolute Gasteiger partial charge is 0.345 e. The van der Waals surface area contributed by atoms with Crippen LogP contribution in [-0.4, -0.2) is 28.3 Å². The second kappa shape index (κ2) is 6.01. The first kappa shape index (κ1) is 13.7. The second-order valence-corrected chi connectivity index (χ2v) is 5.87. The first-order valence-corrected chi connectivity index (χ1v) is 7.54. The lowest BCUT2D eigenvalue weighted by Crippen LogP contribution is -2.11. The summed E-state index contributed by atoms with van der Waals surface area (Å²) in [6.07, 6.45) is 7.58. The van der Waals surface area contributed by atoms with Crippen LogP contribution in [-0.2, 0) is 0 Å². The van der Waals surface area contributed by atoms with Gasteiger partial charge in [0, 0.05) is 29.4 Å². The quantitative estimate of drug-likeness (QED) is 0.943. The van der Waals surface area contributed by atoms with Crippen LogP contribution in [0.15, 0.2) is 47.2 Å². The van der Waals surface area contributed by atoms with Crippen LogP contribution in [0.5, 0.6) is 0 Å². The minimum absolute atomic E-state index is 0.359. The molecule has 0 unspecified atom stereocenters. The number of carboxylic acid groups (broad SMARTS) is 1. The van der Waals surface area contributed by atoms with Crippen LogP contribution in [0.4, 0.5) is 0 Å². The minimum Gasteiger partial charge on any atom is -0.477 e. The Hall–Kier alpha value is -2.27. The number of aliphatic imine (C=N–C) groups is 1. The summed E-state index contributed by atoms with van der Waals surface area (Å²) in [5.74, 6) is -0.880. The number of aromatic nitrogens is 1. The Kier molecular flexibility index (Phi) is 3.92. The largest absolute Gasteiger partial charge is 0.477 e. The van der Waals surface area contributed by atoms with E-state index in [-0.39, 0.29) is 0 Å². The van der Waals surface area contributed by atoms with Crippen LogP contribution in [0.2, 0.25) is 0 Å². The fraction of sp³-hybridized carbons (Fsp3) is 0.188. The van der Waals surface area contributed by atoms with Crippen LogP contribution >= 0.6 is 11.3 Å². The average Bonchev–Trinajstić information content (AvgIpc) is 2.98. The Morgan fingerprint density at radius 3 is 2.95 bits per heavy atom. The molecule has 2 aromatic rings. The van der Waals surface area contributed by atoms with Gasteiger partial charge in [-0.2, -0.15) is 0 Å². The van der Waals surface area contributed by atoms with Crippen molar-refractivity contribution in [3.8, 4) is 0 Å². The van der Waals surface area contributed by atoms with Crippen molar-refractivity contribution in [3.63, 3.8) is 0 Å². The van der Waals surface area contributed by atoms with E-state index in [1.807, 2.05) is 30.5 Å². The molecule has 0 atom stereocenters. The van der Waals surface area contributed by atoms with Gasteiger partial charge in [-0.15, -0.1) is 11.3 Å². The van der Waals surface area contributed by atoms with E-state index in [1.54, 1.807) is 12.3 Å². The van der Waals surface area contributed by atoms with Crippen molar-refractivity contribution in [2.24, 2.45) is 4.99 Å². The van der Waals surface area contributed by atoms with Gasteiger partial charge in [0.1, 0.15) is 4.88 Å². The molecular formula is C16H14N2O2S. The maximum absolute atomic E-state index is 11.0. The monoisotopic (exact) mass is 298 g/mol. The Labute approximate surface area is 126 Å². The molecule has 4 nitrogen and oxygen atoms in total. The van der Waals surface area contributed by atoms with Crippen molar-refractivity contribution in [1.82, 2.24) is 4.98 Å². The topological polar surface area (TPSA) is 62.5 Å². The molecule has 1 aliphatic rings. The van der Waals surface area contributed by atoms with Crippen LogP contribution in [0, 0.1) is 0 Å². The predicted molar refractivity (Wildman–Crippen MR) is 84.1 cm³/mol. The zero-order chi connectivity index (χ0) is 14.7. The Morgan fingerprint density at radius 1 is 1.33 bits per heavy atom. The van der Waals surface area contributed by atoms with Gasteiger partial charge in [-0.05, 0) is 48.8 Å². The van der Waals surface area contributed by atoms with E-state index in [1.165, 1.54) is 11.3 Å². The van der Waals surface area contributed by atoms with Crippen LogP contribution < -0.4 is 0 Å². The number of carboxylic acids is 1. The molecule has 2 aromatic heterocycles. The third kappa shape index (κ3) is 3.08. The predicted octanol–water partition coefficient (Wildman–Crippen LogP) is 3.51. The molecule has 0 bridgehead atoms. The van der Waals surface area contributed by atoms with E-state index >= 15 is 0 Å². The number of nitrogens with zero attached hydrogens (tertiary/aromatic N) is 2. The Bertz CT molecular complexity index is 717. The summed E-state index contributed by atoms with van der Waals surface area (Å²) in [6.45, 7) is 0.826. The molecule has 0 saturated carbocycles. The van der Waals surface area contributed by atoms with E-state index in [2.05, 4.69) is 9.98 Å². The molecule has 5 heteroatoms. The third-order valence-corrected chi connectivity index (χ3v) is 4.29. The first-order valence-electron chi connectivity index (χ1n) is 6.73. The van der Waals surface area contributed by atoms with E-state index in [0.29, 0.717) is 4.88 Å². The van der Waals surface area contributed by atoms with Crippen LogP contribution in [0.25, 0.3) is 6.08 Å². The van der Waals surface area contributed by atoms with Gasteiger partial charge in [0.2, 0.25) is 0 Å². The highest BCUT2D eigenvalue weighted by Gasteiger charge is 2.15. The highest BCUT2D eigenvalue weighted by molar-refractivity contribution is 7.14. The number of rotatable bonds is 3. The molecule has 1 aliphatic heterocycles. The molecule has 0 aliphatic carbocycles. The SMILES string of the molecule is O=C(O)c1ccc(/C=C2\CCCN=C2c2cccnc2)s1. The zero-order valence-electron chi connectivity index (χ0n) is 11.3. The summed E-state index contributed by atoms with van der Waals surface area (Å²) in [5, 5.41) is 8.99. The number of thiophene rings is 1. The molecule has 21 heavy (non-hydrogen) atoms. The van der Waals surface area contributed by atoms with Crippen LogP contribution in [0.1, 0.15) is 33.0 Å². The lowest BCUT2D eigenvalue weighted by molar-refractivity contribution is 0.0702. The standard InChI is InChI=1S/C16H14N2O2S/c19-16(20)14-6-5-13(21-14)9-11-3-2-8-18-15(11)12-4-1-7-17-10-12/h1,4-7,9-10H,2-3,8H2,(H,19,20)/b11-9+. The van der Waals surface area contributed by atoms with Gasteiger partial charge in [-0.3, -0.25) is 9.98 Å². The number of hydrogen-bond acceptors (Lipinski definition) is 4. The summed E-state index contributed by atoms with van der Waals surface area (Å²) in [4.78, 5) is 21.0. The molecule has 0 fully saturated rings. The summed E-state index contributed by atoms with van der Waals surface area (Å²) in [7, 11) is 0. The summed E-state index contributed by atoms with van der Waals surface area (Å²) < 4.78 is 0. The van der Waals surface area contributed by atoms with Crippen molar-refractivity contribution in [2.45, 2.75) is 12.8 Å². The maximum Gasteiger partial charge on any atom is 0.345 e. The van der Waals surface area contributed by atoms with Gasteiger partial charge < -0.3 is 5.11 Å². The summed E-state index contributed by atoms with van der Waals surface area (Å²) in [6, 6.07) is 7.39. The van der Waals surface area contributed by atoms with Crippen molar-refractivity contribution >= 4 is 29.1 Å². The molecule has 0 saturated heterocycles. The number of carbonyl (C=O) groups is 1. The van der Waals surface area contributed by atoms with Gasteiger partial charge in [-0.25, -0.2) is 4.79 Å². The van der Waals surface area contributed by atoms with Crippen molar-refractivity contribution in [3.05, 3.63) is 57.6 Å². The van der Waals surface area contributed by atoms with Gasteiger partial charge >= 0.3 is 5.97 Å². The summed E-state index contributed by atoms with van der Waals surface area (Å²) >= 11 is 1.29. The lowest BCUT2D eigenvalue weighted by Gasteiger charge is -2.15. The van der Waals surface area contributed by atoms with Gasteiger partial charge in [0.25, 0.3) is 0 Å². The van der Waals surface area contributed by atoms with E-state index in [9.17, 15) is 4.79 Å². The molecule has 1 N–H and O–H groups in total. The highest BCUT2D eigenvalue weighted by Crippen LogP contribution is 2.25. The van der Waals surface area contributed by atoms with Gasteiger partial charge in [0.15, 0.2) is 0 Å². The fourth-order valence-corrected chi connectivity index (χ4v) is 3.13. The van der Waals surface area contributed by atoms with E-state index in [4.69, 9.17) is 5.11 Å². The minimum atomic E-state index is -0.880. The zero-order valence-corrected chi connectivity index (χ0v) is 12.1. The molecule has 0 amide bonds. The molecule has 0 aromatic carbocycles.